The third-order valence-corrected chi connectivity index (χ3v) is 5.07. The van der Waals surface area contributed by atoms with E-state index in [1.54, 1.807) is 18.2 Å². The highest BCUT2D eigenvalue weighted by molar-refractivity contribution is 6.05. The Morgan fingerprint density at radius 1 is 1.24 bits per heavy atom. The molecule has 9 nitrogen and oxygen atoms in total. The first-order valence-electron chi connectivity index (χ1n) is 9.86. The number of nitrogens with two attached hydrogens (primary N) is 1. The van der Waals surface area contributed by atoms with E-state index in [0.29, 0.717) is 30.8 Å². The van der Waals surface area contributed by atoms with Gasteiger partial charge in [0.05, 0.1) is 0 Å². The maximum Gasteiger partial charge on any atom is 0.257 e. The van der Waals surface area contributed by atoms with Gasteiger partial charge in [0, 0.05) is 25.1 Å². The number of carbonyl (C=O) groups is 4. The van der Waals surface area contributed by atoms with Crippen LogP contribution in [-0.2, 0) is 20.9 Å². The molecule has 9 heteroatoms. The topological polar surface area (TPSA) is 131 Å². The van der Waals surface area contributed by atoms with Gasteiger partial charge in [-0.15, -0.1) is 0 Å². The van der Waals surface area contributed by atoms with Gasteiger partial charge < -0.3 is 20.7 Å². The Hall–Kier alpha value is -2.94. The summed E-state index contributed by atoms with van der Waals surface area (Å²) in [5.74, 6) is -0.721. The average Bonchev–Trinajstić information content (AvgIpc) is 3.02. The van der Waals surface area contributed by atoms with Gasteiger partial charge in [0.15, 0.2) is 6.61 Å². The van der Waals surface area contributed by atoms with Crippen molar-refractivity contribution < 1.29 is 23.9 Å². The van der Waals surface area contributed by atoms with Crippen molar-refractivity contribution in [2.75, 3.05) is 19.7 Å². The third-order valence-electron chi connectivity index (χ3n) is 5.07. The van der Waals surface area contributed by atoms with E-state index in [-0.39, 0.29) is 37.3 Å². The van der Waals surface area contributed by atoms with Gasteiger partial charge in [0.1, 0.15) is 11.8 Å². The lowest BCUT2D eigenvalue weighted by molar-refractivity contribution is -0.137. The number of imide groups is 1. The van der Waals surface area contributed by atoms with Crippen LogP contribution in [0.15, 0.2) is 18.2 Å². The number of carbonyl (C=O) groups excluding carboxylic acids is 4. The highest BCUT2D eigenvalue weighted by Gasteiger charge is 2.39. The number of hydrogen-bond donors (Lipinski definition) is 3. The summed E-state index contributed by atoms with van der Waals surface area (Å²) in [5.41, 5.74) is 6.67. The summed E-state index contributed by atoms with van der Waals surface area (Å²) >= 11 is 0. The number of amides is 4. The van der Waals surface area contributed by atoms with Crippen molar-refractivity contribution in [3.8, 4) is 5.75 Å². The van der Waals surface area contributed by atoms with Crippen LogP contribution in [0.5, 0.6) is 5.75 Å². The van der Waals surface area contributed by atoms with Crippen LogP contribution in [0.3, 0.4) is 0 Å². The normalized spacial score (nSPS) is 18.4. The number of hydrogen-bond acceptors (Lipinski definition) is 6. The molecule has 4 amide bonds. The zero-order chi connectivity index (χ0) is 20.8. The number of ether oxygens (including phenoxy) is 1. The fourth-order valence-corrected chi connectivity index (χ4v) is 3.51. The molecule has 0 radical (unpaired) electrons. The predicted octanol–water partition coefficient (Wildman–Crippen LogP) is 0.0716. The SMILES string of the molecule is NCCCCCNC(=O)COc1ccc2c(c1)CN(C1CCC(=O)NC1=O)C2=O. The van der Waals surface area contributed by atoms with Crippen molar-refractivity contribution in [2.24, 2.45) is 5.73 Å². The molecule has 1 saturated heterocycles. The summed E-state index contributed by atoms with van der Waals surface area (Å²) in [5, 5.41) is 5.07. The van der Waals surface area contributed by atoms with Gasteiger partial charge in [-0.05, 0) is 49.6 Å². The molecule has 0 bridgehead atoms. The summed E-state index contributed by atoms with van der Waals surface area (Å²) in [6.45, 7) is 1.39. The fraction of sp³-hybridized carbons (Fsp3) is 0.500. The van der Waals surface area contributed by atoms with Gasteiger partial charge in [0.2, 0.25) is 11.8 Å². The molecule has 2 heterocycles. The maximum atomic E-state index is 12.6. The molecule has 0 saturated carbocycles. The van der Waals surface area contributed by atoms with Gasteiger partial charge in [0.25, 0.3) is 11.8 Å². The third kappa shape index (κ3) is 5.11. The molecule has 1 aromatic carbocycles. The molecule has 1 fully saturated rings. The molecular weight excluding hydrogens is 376 g/mol. The van der Waals surface area contributed by atoms with Crippen LogP contribution in [-0.4, -0.2) is 54.3 Å². The molecule has 1 unspecified atom stereocenters. The van der Waals surface area contributed by atoms with Crippen LogP contribution in [0.4, 0.5) is 0 Å². The minimum atomic E-state index is -0.651. The Morgan fingerprint density at radius 3 is 2.83 bits per heavy atom. The van der Waals surface area contributed by atoms with E-state index in [2.05, 4.69) is 10.6 Å². The molecule has 4 N–H and O–H groups in total. The smallest absolute Gasteiger partial charge is 0.257 e. The van der Waals surface area contributed by atoms with Crippen molar-refractivity contribution >= 4 is 23.6 Å². The van der Waals surface area contributed by atoms with Crippen LogP contribution in [0, 0.1) is 0 Å². The minimum absolute atomic E-state index is 0.111. The van der Waals surface area contributed by atoms with Gasteiger partial charge in [-0.1, -0.05) is 6.42 Å². The van der Waals surface area contributed by atoms with E-state index in [0.717, 1.165) is 24.8 Å². The summed E-state index contributed by atoms with van der Waals surface area (Å²) in [6.07, 6.45) is 3.32. The highest BCUT2D eigenvalue weighted by atomic mass is 16.5. The minimum Gasteiger partial charge on any atom is -0.484 e. The van der Waals surface area contributed by atoms with Crippen molar-refractivity contribution in [2.45, 2.75) is 44.7 Å². The number of fused-ring (bicyclic) bond motifs is 1. The van der Waals surface area contributed by atoms with Crippen molar-refractivity contribution in [1.82, 2.24) is 15.5 Å². The number of nitrogens with zero attached hydrogens (tertiary/aromatic N) is 1. The van der Waals surface area contributed by atoms with Crippen molar-refractivity contribution in [1.29, 1.82) is 0 Å². The number of nitrogens with one attached hydrogen (secondary N) is 2. The number of unbranched alkanes of at least 4 members (excludes halogenated alkanes) is 2. The lowest BCUT2D eigenvalue weighted by atomic mass is 10.0. The van der Waals surface area contributed by atoms with Gasteiger partial charge in [-0.3, -0.25) is 24.5 Å². The second kappa shape index (κ2) is 9.51. The van der Waals surface area contributed by atoms with Gasteiger partial charge in [-0.25, -0.2) is 0 Å². The van der Waals surface area contributed by atoms with E-state index in [9.17, 15) is 19.2 Å². The number of benzene rings is 1. The molecule has 1 aromatic rings. The van der Waals surface area contributed by atoms with E-state index in [4.69, 9.17) is 10.5 Å². The monoisotopic (exact) mass is 402 g/mol. The molecule has 0 aromatic heterocycles. The second-order valence-electron chi connectivity index (χ2n) is 7.21. The quantitative estimate of drug-likeness (QED) is 0.396. The lowest BCUT2D eigenvalue weighted by Crippen LogP contribution is -2.52. The molecule has 0 spiro atoms. The largest absolute Gasteiger partial charge is 0.484 e. The first-order valence-corrected chi connectivity index (χ1v) is 9.86. The Kier molecular flexibility index (Phi) is 6.82. The Labute approximate surface area is 168 Å². The standard InChI is InChI=1S/C20H26N4O5/c21-8-2-1-3-9-22-18(26)12-29-14-4-5-15-13(10-14)11-24(20(15)28)16-6-7-17(25)23-19(16)27/h4-5,10,16H,1-3,6-9,11-12,21H2,(H,22,26)(H,23,25,27). The van der Waals surface area contributed by atoms with Crippen LogP contribution < -0.4 is 21.1 Å². The van der Waals surface area contributed by atoms with Crippen molar-refractivity contribution in [3.05, 3.63) is 29.3 Å². The molecule has 0 aliphatic carbocycles. The second-order valence-corrected chi connectivity index (χ2v) is 7.21. The van der Waals surface area contributed by atoms with E-state index in [1.807, 2.05) is 0 Å². The molecule has 2 aliphatic rings. The van der Waals surface area contributed by atoms with E-state index in [1.165, 1.54) is 4.90 Å². The van der Waals surface area contributed by atoms with E-state index >= 15 is 0 Å². The fourth-order valence-electron chi connectivity index (χ4n) is 3.51. The summed E-state index contributed by atoms with van der Waals surface area (Å²) in [6, 6.07) is 4.35. The highest BCUT2D eigenvalue weighted by Crippen LogP contribution is 2.30. The predicted molar refractivity (Wildman–Crippen MR) is 104 cm³/mol. The first kappa shape index (κ1) is 20.8. The summed E-state index contributed by atoms with van der Waals surface area (Å²) in [7, 11) is 0. The van der Waals surface area contributed by atoms with Crippen LogP contribution in [0.25, 0.3) is 0 Å². The molecule has 2 aliphatic heterocycles. The number of rotatable bonds is 9. The van der Waals surface area contributed by atoms with Gasteiger partial charge >= 0.3 is 0 Å². The average molecular weight is 402 g/mol. The first-order chi connectivity index (χ1) is 14.0. The van der Waals surface area contributed by atoms with Crippen LogP contribution in [0.1, 0.15) is 48.0 Å². The maximum absolute atomic E-state index is 12.6. The summed E-state index contributed by atoms with van der Waals surface area (Å²) < 4.78 is 5.54. The molecule has 3 rings (SSSR count). The Bertz CT molecular complexity index is 810. The van der Waals surface area contributed by atoms with Gasteiger partial charge in [-0.2, -0.15) is 0 Å². The Morgan fingerprint density at radius 2 is 2.07 bits per heavy atom. The molecule has 29 heavy (non-hydrogen) atoms. The van der Waals surface area contributed by atoms with Crippen LogP contribution in [0.2, 0.25) is 0 Å². The number of piperidine rings is 1. The molecule has 1 atom stereocenters. The molecule has 156 valence electrons. The zero-order valence-electron chi connectivity index (χ0n) is 16.2. The van der Waals surface area contributed by atoms with Crippen LogP contribution >= 0.6 is 0 Å². The molecular formula is C20H26N4O5. The van der Waals surface area contributed by atoms with Crippen molar-refractivity contribution in [3.63, 3.8) is 0 Å². The Balaban J connectivity index is 1.52. The zero-order valence-corrected chi connectivity index (χ0v) is 16.2. The lowest BCUT2D eigenvalue weighted by Gasteiger charge is -2.29. The summed E-state index contributed by atoms with van der Waals surface area (Å²) in [4.78, 5) is 49.4. The van der Waals surface area contributed by atoms with E-state index < -0.39 is 11.9 Å².